The monoisotopic (exact) mass is 364 g/mol. The van der Waals surface area contributed by atoms with Gasteiger partial charge in [0.05, 0.1) is 17.8 Å². The number of hydrogen-bond acceptors (Lipinski definition) is 7. The molecule has 0 aliphatic carbocycles. The van der Waals surface area contributed by atoms with Crippen LogP contribution in [-0.2, 0) is 23.8 Å². The molecule has 0 saturated carbocycles. The summed E-state index contributed by atoms with van der Waals surface area (Å²) in [6, 6.07) is 0. The Bertz CT molecular complexity index is 734. The number of ether oxygens (including phenoxy) is 3. The van der Waals surface area contributed by atoms with Crippen molar-refractivity contribution in [2.45, 2.75) is 57.5 Å². The van der Waals surface area contributed by atoms with Crippen LogP contribution in [0.4, 0.5) is 0 Å². The summed E-state index contributed by atoms with van der Waals surface area (Å²) in [4.78, 5) is 24.3. The van der Waals surface area contributed by atoms with E-state index in [9.17, 15) is 19.8 Å². The van der Waals surface area contributed by atoms with Gasteiger partial charge in [0.25, 0.3) is 0 Å². The van der Waals surface area contributed by atoms with Crippen molar-refractivity contribution in [3.8, 4) is 0 Å². The van der Waals surface area contributed by atoms with E-state index in [1.54, 1.807) is 19.9 Å². The number of carbonyl (C=O) groups excluding carboxylic acids is 2. The van der Waals surface area contributed by atoms with Crippen molar-refractivity contribution in [2.75, 3.05) is 6.61 Å². The summed E-state index contributed by atoms with van der Waals surface area (Å²) in [5.74, 6) is -2.84. The highest BCUT2D eigenvalue weighted by Gasteiger charge is 2.52. The Kier molecular flexibility index (Phi) is 4.58. The van der Waals surface area contributed by atoms with E-state index >= 15 is 0 Å². The number of carbonyl (C=O) groups is 2. The minimum Gasteiger partial charge on any atom is -0.454 e. The van der Waals surface area contributed by atoms with Gasteiger partial charge in [-0.1, -0.05) is 13.5 Å². The lowest BCUT2D eigenvalue weighted by Crippen LogP contribution is -2.40. The Labute approximate surface area is 151 Å². The number of hydrogen-bond donors (Lipinski definition) is 2. The first-order valence-electron chi connectivity index (χ1n) is 8.67. The summed E-state index contributed by atoms with van der Waals surface area (Å²) in [6.45, 7) is 8.16. The number of aliphatic hydroxyl groups excluding tert-OH is 1. The summed E-state index contributed by atoms with van der Waals surface area (Å²) in [7, 11) is 0. The van der Waals surface area contributed by atoms with E-state index in [0.29, 0.717) is 18.4 Å². The average Bonchev–Trinajstić information content (AvgIpc) is 3.03. The van der Waals surface area contributed by atoms with Crippen LogP contribution in [0.2, 0.25) is 0 Å². The predicted octanol–water partition coefficient (Wildman–Crippen LogP) is 1.50. The molecule has 1 fully saturated rings. The highest BCUT2D eigenvalue weighted by atomic mass is 16.6. The zero-order chi connectivity index (χ0) is 19.3. The standard InChI is InChI=1S/C19H24O7/c1-10(2)16(21)24-13-7-11(3)19(23)6-5-18(4,26-19)8-14-15(13)12(9-20)17(22)25-14/h8,11,13,20,23H,1,5-7,9H2,2-4H3/b14-8+/t11-,13+,18-,19+/m1/s1. The largest absolute Gasteiger partial charge is 0.454 e. The highest BCUT2D eigenvalue weighted by Crippen LogP contribution is 2.47. The van der Waals surface area contributed by atoms with Crippen LogP contribution in [0.5, 0.6) is 0 Å². The van der Waals surface area contributed by atoms with Crippen molar-refractivity contribution < 1.29 is 34.0 Å². The van der Waals surface area contributed by atoms with Crippen molar-refractivity contribution in [3.63, 3.8) is 0 Å². The smallest absolute Gasteiger partial charge is 0.342 e. The van der Waals surface area contributed by atoms with Crippen LogP contribution in [0.1, 0.15) is 40.0 Å². The van der Waals surface area contributed by atoms with Gasteiger partial charge in [0, 0.05) is 23.5 Å². The molecular formula is C19H24O7. The van der Waals surface area contributed by atoms with Crippen LogP contribution < -0.4 is 0 Å². The van der Waals surface area contributed by atoms with Gasteiger partial charge in [-0.05, 0) is 32.8 Å². The molecule has 3 rings (SSSR count). The first-order chi connectivity index (χ1) is 12.1. The maximum atomic E-state index is 12.2. The van der Waals surface area contributed by atoms with Gasteiger partial charge in [0.2, 0.25) is 0 Å². The molecule has 7 nitrogen and oxygen atoms in total. The van der Waals surface area contributed by atoms with Gasteiger partial charge in [0.15, 0.2) is 5.79 Å². The van der Waals surface area contributed by atoms with Crippen LogP contribution >= 0.6 is 0 Å². The quantitative estimate of drug-likeness (QED) is 0.578. The minimum absolute atomic E-state index is 0.0522. The second-order valence-corrected chi connectivity index (χ2v) is 7.52. The lowest BCUT2D eigenvalue weighted by molar-refractivity contribution is -0.238. The summed E-state index contributed by atoms with van der Waals surface area (Å²) < 4.78 is 16.8. The fourth-order valence-electron chi connectivity index (χ4n) is 3.70. The van der Waals surface area contributed by atoms with E-state index in [2.05, 4.69) is 6.58 Å². The lowest BCUT2D eigenvalue weighted by atomic mass is 9.86. The summed E-state index contributed by atoms with van der Waals surface area (Å²) >= 11 is 0. The molecule has 0 radical (unpaired) electrons. The van der Waals surface area contributed by atoms with Gasteiger partial charge in [-0.2, -0.15) is 0 Å². The molecule has 1 saturated heterocycles. The molecule has 3 aliphatic heterocycles. The Morgan fingerprint density at radius 1 is 1.46 bits per heavy atom. The Balaban J connectivity index is 2.12. The third-order valence-corrected chi connectivity index (χ3v) is 5.28. The number of rotatable bonds is 3. The lowest BCUT2D eigenvalue weighted by Gasteiger charge is -2.33. The normalized spacial score (nSPS) is 38.5. The van der Waals surface area contributed by atoms with Gasteiger partial charge in [-0.25, -0.2) is 9.59 Å². The van der Waals surface area contributed by atoms with Gasteiger partial charge < -0.3 is 24.4 Å². The highest BCUT2D eigenvalue weighted by molar-refractivity contribution is 5.95. The predicted molar refractivity (Wildman–Crippen MR) is 90.4 cm³/mol. The van der Waals surface area contributed by atoms with Gasteiger partial charge in [-0.15, -0.1) is 0 Å². The molecule has 0 aromatic heterocycles. The molecule has 2 N–H and O–H groups in total. The molecule has 4 atom stereocenters. The molecule has 0 aromatic carbocycles. The van der Waals surface area contributed by atoms with E-state index in [1.807, 2.05) is 0 Å². The van der Waals surface area contributed by atoms with Gasteiger partial charge in [0.1, 0.15) is 11.9 Å². The van der Waals surface area contributed by atoms with Crippen LogP contribution in [0.15, 0.2) is 35.1 Å². The van der Waals surface area contributed by atoms with Crippen molar-refractivity contribution in [1.82, 2.24) is 0 Å². The van der Waals surface area contributed by atoms with Crippen molar-refractivity contribution in [1.29, 1.82) is 0 Å². The van der Waals surface area contributed by atoms with E-state index in [4.69, 9.17) is 14.2 Å². The molecule has 0 spiro atoms. The van der Waals surface area contributed by atoms with Crippen LogP contribution in [0.3, 0.4) is 0 Å². The molecule has 7 heteroatoms. The molecule has 0 amide bonds. The third kappa shape index (κ3) is 3.11. The second kappa shape index (κ2) is 6.33. The first-order valence-corrected chi connectivity index (χ1v) is 8.67. The molecule has 0 aromatic rings. The number of esters is 2. The second-order valence-electron chi connectivity index (χ2n) is 7.52. The first kappa shape index (κ1) is 18.8. The van der Waals surface area contributed by atoms with E-state index < -0.39 is 36.0 Å². The fraction of sp³-hybridized carbons (Fsp3) is 0.579. The molecule has 3 aliphatic rings. The zero-order valence-electron chi connectivity index (χ0n) is 15.2. The van der Waals surface area contributed by atoms with Crippen molar-refractivity contribution in [3.05, 3.63) is 35.1 Å². The SMILES string of the molecule is C=C(C)C(=O)O[C@H]1C[C@@H](C)[C@]2(O)CC[C@](C)(/C=C3/OC(=O)C(CO)=C31)O2. The van der Waals surface area contributed by atoms with Crippen LogP contribution in [-0.4, -0.2) is 46.3 Å². The zero-order valence-corrected chi connectivity index (χ0v) is 15.2. The molecule has 3 heterocycles. The maximum absolute atomic E-state index is 12.2. The Morgan fingerprint density at radius 2 is 2.15 bits per heavy atom. The Hall–Kier alpha value is -1.96. The number of fused-ring (bicyclic) bond motifs is 3. The topological polar surface area (TPSA) is 102 Å². The molecule has 0 unspecified atom stereocenters. The van der Waals surface area contributed by atoms with Crippen molar-refractivity contribution in [2.24, 2.45) is 5.92 Å². The van der Waals surface area contributed by atoms with Gasteiger partial charge in [-0.3, -0.25) is 0 Å². The maximum Gasteiger partial charge on any atom is 0.342 e. The summed E-state index contributed by atoms with van der Waals surface area (Å²) in [5.41, 5.74) is -0.235. The average molecular weight is 364 g/mol. The van der Waals surface area contributed by atoms with Gasteiger partial charge >= 0.3 is 11.9 Å². The third-order valence-electron chi connectivity index (χ3n) is 5.28. The van der Waals surface area contributed by atoms with E-state index in [0.717, 1.165) is 0 Å². The minimum atomic E-state index is -1.37. The van der Waals surface area contributed by atoms with Crippen LogP contribution in [0.25, 0.3) is 0 Å². The number of aliphatic hydroxyl groups is 2. The fourth-order valence-corrected chi connectivity index (χ4v) is 3.70. The molecule has 2 bridgehead atoms. The molecule has 26 heavy (non-hydrogen) atoms. The van der Waals surface area contributed by atoms with Crippen LogP contribution in [0, 0.1) is 5.92 Å². The summed E-state index contributed by atoms with van der Waals surface area (Å²) in [5, 5.41) is 20.6. The van der Waals surface area contributed by atoms with E-state index in [-0.39, 0.29) is 29.2 Å². The van der Waals surface area contributed by atoms with Crippen molar-refractivity contribution >= 4 is 11.9 Å². The molecular weight excluding hydrogens is 340 g/mol. The van der Waals surface area contributed by atoms with E-state index in [1.165, 1.54) is 6.92 Å². The Morgan fingerprint density at radius 3 is 2.77 bits per heavy atom. The molecule has 142 valence electrons. The summed E-state index contributed by atoms with van der Waals surface area (Å²) in [6.07, 6.45) is 1.92.